The number of halogens is 1. The van der Waals surface area contributed by atoms with Crippen molar-refractivity contribution in [3.63, 3.8) is 0 Å². The van der Waals surface area contributed by atoms with Crippen molar-refractivity contribution in [2.45, 2.75) is 12.5 Å². The van der Waals surface area contributed by atoms with E-state index in [4.69, 9.17) is 5.26 Å². The molecule has 1 atom stereocenters. The lowest BCUT2D eigenvalue weighted by molar-refractivity contribution is 0.566. The van der Waals surface area contributed by atoms with Crippen molar-refractivity contribution in [1.29, 1.82) is 5.26 Å². The second kappa shape index (κ2) is 3.51. The Balaban J connectivity index is 2.21. The minimum Gasteiger partial charge on any atom is -0.383 e. The van der Waals surface area contributed by atoms with E-state index in [9.17, 15) is 4.39 Å². The molecule has 0 saturated heterocycles. The lowest BCUT2D eigenvalue weighted by Gasteiger charge is -2.11. The van der Waals surface area contributed by atoms with Crippen LogP contribution in [0.1, 0.15) is 18.0 Å². The summed E-state index contributed by atoms with van der Waals surface area (Å²) in [6.07, 6.45) is 2.22. The molecule has 1 aromatic carbocycles. The lowest BCUT2D eigenvalue weighted by atomic mass is 10.0. The highest BCUT2D eigenvalue weighted by atomic mass is 19.1. The average molecular weight is 188 g/mol. The van der Waals surface area contributed by atoms with Gasteiger partial charge in [0.1, 0.15) is 5.82 Å². The third kappa shape index (κ3) is 1.47. The number of hydrogen-bond donors (Lipinski definition) is 1. The molecule has 0 bridgehead atoms. The topological polar surface area (TPSA) is 35.8 Å². The summed E-state index contributed by atoms with van der Waals surface area (Å²) in [6, 6.07) is 8.59. The molecule has 0 saturated carbocycles. The predicted molar refractivity (Wildman–Crippen MR) is 50.6 cm³/mol. The number of nitrogens with one attached hydrogen (secondary N) is 1. The van der Waals surface area contributed by atoms with E-state index in [-0.39, 0.29) is 11.9 Å². The molecule has 0 aliphatic carbocycles. The summed E-state index contributed by atoms with van der Waals surface area (Å²) in [5.41, 5.74) is 1.28. The highest BCUT2D eigenvalue weighted by Gasteiger charge is 2.20. The summed E-state index contributed by atoms with van der Waals surface area (Å²) in [5, 5.41) is 11.6. The molecular formula is C11H9FN2. The van der Waals surface area contributed by atoms with Gasteiger partial charge in [0.2, 0.25) is 0 Å². The van der Waals surface area contributed by atoms with Crippen LogP contribution in [0.5, 0.6) is 0 Å². The summed E-state index contributed by atoms with van der Waals surface area (Å²) in [6.45, 7) is 0. The fraction of sp³-hybridized carbons (Fsp3) is 0.182. The summed E-state index contributed by atoms with van der Waals surface area (Å²) in [7, 11) is 0. The molecule has 2 nitrogen and oxygen atoms in total. The number of rotatable bonds is 1. The maximum atomic E-state index is 13.3. The maximum Gasteiger partial charge on any atom is 0.128 e. The molecule has 0 spiro atoms. The van der Waals surface area contributed by atoms with Gasteiger partial charge in [0.15, 0.2) is 0 Å². The standard InChI is InChI=1S/C11H9FN2/c12-10-4-2-1-3-9(10)11-5-8(6-13)7-14-11/h1-4,7,11,14H,5H2. The van der Waals surface area contributed by atoms with Crippen molar-refractivity contribution in [1.82, 2.24) is 5.32 Å². The van der Waals surface area contributed by atoms with E-state index >= 15 is 0 Å². The molecule has 0 aromatic heterocycles. The molecule has 1 N–H and O–H groups in total. The Kier molecular flexibility index (Phi) is 2.19. The molecule has 1 unspecified atom stereocenters. The van der Waals surface area contributed by atoms with E-state index in [1.165, 1.54) is 6.07 Å². The number of benzene rings is 1. The fourth-order valence-corrected chi connectivity index (χ4v) is 1.57. The quantitative estimate of drug-likeness (QED) is 0.733. The minimum atomic E-state index is -0.224. The van der Waals surface area contributed by atoms with Crippen LogP contribution in [-0.4, -0.2) is 0 Å². The van der Waals surface area contributed by atoms with Gasteiger partial charge in [-0.3, -0.25) is 0 Å². The minimum absolute atomic E-state index is 0.0918. The van der Waals surface area contributed by atoms with Crippen LogP contribution in [0.25, 0.3) is 0 Å². The zero-order chi connectivity index (χ0) is 9.97. The molecule has 1 aromatic rings. The zero-order valence-electron chi connectivity index (χ0n) is 7.50. The molecule has 1 aliphatic heterocycles. The molecule has 0 amide bonds. The van der Waals surface area contributed by atoms with Crippen LogP contribution in [0.15, 0.2) is 36.0 Å². The third-order valence-electron chi connectivity index (χ3n) is 2.31. The second-order valence-electron chi connectivity index (χ2n) is 3.23. The first kappa shape index (κ1) is 8.76. The van der Waals surface area contributed by atoms with Gasteiger partial charge in [-0.25, -0.2) is 4.39 Å². The van der Waals surface area contributed by atoms with Gasteiger partial charge in [0.05, 0.1) is 12.1 Å². The van der Waals surface area contributed by atoms with E-state index < -0.39 is 0 Å². The molecule has 2 rings (SSSR count). The van der Waals surface area contributed by atoms with E-state index in [0.717, 1.165) is 0 Å². The van der Waals surface area contributed by atoms with E-state index in [0.29, 0.717) is 17.6 Å². The fourth-order valence-electron chi connectivity index (χ4n) is 1.57. The highest BCUT2D eigenvalue weighted by Crippen LogP contribution is 2.27. The smallest absolute Gasteiger partial charge is 0.128 e. The van der Waals surface area contributed by atoms with Gasteiger partial charge in [-0.15, -0.1) is 0 Å². The Morgan fingerprint density at radius 2 is 2.21 bits per heavy atom. The second-order valence-corrected chi connectivity index (χ2v) is 3.23. The van der Waals surface area contributed by atoms with Gasteiger partial charge >= 0.3 is 0 Å². The van der Waals surface area contributed by atoms with Crippen LogP contribution in [0.4, 0.5) is 4.39 Å². The monoisotopic (exact) mass is 188 g/mol. The molecule has 0 fully saturated rings. The average Bonchev–Trinajstić information content (AvgIpc) is 2.67. The highest BCUT2D eigenvalue weighted by molar-refractivity contribution is 5.31. The molecule has 1 aliphatic rings. The van der Waals surface area contributed by atoms with Crippen molar-refractivity contribution in [3.8, 4) is 6.07 Å². The van der Waals surface area contributed by atoms with Crippen molar-refractivity contribution in [2.75, 3.05) is 0 Å². The van der Waals surface area contributed by atoms with Crippen molar-refractivity contribution < 1.29 is 4.39 Å². The van der Waals surface area contributed by atoms with E-state index in [2.05, 4.69) is 11.4 Å². The largest absolute Gasteiger partial charge is 0.383 e. The summed E-state index contributed by atoms with van der Waals surface area (Å²) < 4.78 is 13.3. The summed E-state index contributed by atoms with van der Waals surface area (Å²) in [4.78, 5) is 0. The Bertz CT molecular complexity index is 418. The lowest BCUT2D eigenvalue weighted by Crippen LogP contribution is -2.11. The molecule has 70 valence electrons. The van der Waals surface area contributed by atoms with Crippen molar-refractivity contribution in [2.24, 2.45) is 0 Å². The third-order valence-corrected chi connectivity index (χ3v) is 2.31. The molecule has 1 heterocycles. The van der Waals surface area contributed by atoms with Crippen molar-refractivity contribution >= 4 is 0 Å². The van der Waals surface area contributed by atoms with Crippen molar-refractivity contribution in [3.05, 3.63) is 47.4 Å². The van der Waals surface area contributed by atoms with Gasteiger partial charge < -0.3 is 5.32 Å². The Morgan fingerprint density at radius 1 is 1.43 bits per heavy atom. The van der Waals surface area contributed by atoms with Crippen LogP contribution in [0.3, 0.4) is 0 Å². The Labute approximate surface area is 81.7 Å². The van der Waals surface area contributed by atoms with Gasteiger partial charge in [-0.05, 0) is 6.07 Å². The summed E-state index contributed by atoms with van der Waals surface area (Å²) >= 11 is 0. The first-order chi connectivity index (χ1) is 6.81. The van der Waals surface area contributed by atoms with Gasteiger partial charge in [0, 0.05) is 23.8 Å². The Morgan fingerprint density at radius 3 is 2.86 bits per heavy atom. The van der Waals surface area contributed by atoms with Gasteiger partial charge in [-0.1, -0.05) is 18.2 Å². The first-order valence-corrected chi connectivity index (χ1v) is 4.41. The van der Waals surface area contributed by atoms with Crippen LogP contribution < -0.4 is 5.32 Å². The SMILES string of the molecule is N#CC1=CNC(c2ccccc2F)C1. The summed E-state index contributed by atoms with van der Waals surface area (Å²) in [5.74, 6) is -0.224. The number of nitrogens with zero attached hydrogens (tertiary/aromatic N) is 1. The van der Waals surface area contributed by atoms with Crippen LogP contribution >= 0.6 is 0 Å². The maximum absolute atomic E-state index is 13.3. The first-order valence-electron chi connectivity index (χ1n) is 4.41. The van der Waals surface area contributed by atoms with Crippen LogP contribution in [0, 0.1) is 17.1 Å². The van der Waals surface area contributed by atoms with Gasteiger partial charge in [-0.2, -0.15) is 5.26 Å². The number of nitriles is 1. The predicted octanol–water partition coefficient (Wildman–Crippen LogP) is 2.27. The van der Waals surface area contributed by atoms with E-state index in [1.807, 2.05) is 0 Å². The van der Waals surface area contributed by atoms with Crippen LogP contribution in [-0.2, 0) is 0 Å². The molecule has 0 radical (unpaired) electrons. The normalized spacial score (nSPS) is 19.7. The van der Waals surface area contributed by atoms with E-state index in [1.54, 1.807) is 24.4 Å². The zero-order valence-corrected chi connectivity index (χ0v) is 7.50. The Hall–Kier alpha value is -1.82. The van der Waals surface area contributed by atoms with Crippen LogP contribution in [0.2, 0.25) is 0 Å². The number of hydrogen-bond acceptors (Lipinski definition) is 2. The van der Waals surface area contributed by atoms with Gasteiger partial charge in [0.25, 0.3) is 0 Å². The molecule has 14 heavy (non-hydrogen) atoms. The molecular weight excluding hydrogens is 179 g/mol. The molecule has 3 heteroatoms.